The van der Waals surface area contributed by atoms with Crippen molar-refractivity contribution in [2.24, 2.45) is 11.8 Å². The lowest BCUT2D eigenvalue weighted by molar-refractivity contribution is 0.179. The van der Waals surface area contributed by atoms with Crippen LogP contribution in [0.2, 0.25) is 0 Å². The van der Waals surface area contributed by atoms with Crippen LogP contribution in [0.3, 0.4) is 0 Å². The van der Waals surface area contributed by atoms with E-state index in [2.05, 4.69) is 22.6 Å². The third-order valence-electron chi connectivity index (χ3n) is 3.92. The van der Waals surface area contributed by atoms with Gasteiger partial charge in [-0.15, -0.1) is 11.3 Å². The van der Waals surface area contributed by atoms with E-state index in [1.807, 2.05) is 6.20 Å². The fourth-order valence-electron chi connectivity index (χ4n) is 2.78. The van der Waals surface area contributed by atoms with Crippen molar-refractivity contribution in [3.8, 4) is 0 Å². The Balaban J connectivity index is 1.95. The molecule has 3 nitrogen and oxygen atoms in total. The highest BCUT2D eigenvalue weighted by Crippen LogP contribution is 2.37. The summed E-state index contributed by atoms with van der Waals surface area (Å²) >= 11 is 1.77. The minimum Gasteiger partial charge on any atom is -0.383 e. The third-order valence-corrected chi connectivity index (χ3v) is 4.78. The average molecular weight is 268 g/mol. The van der Waals surface area contributed by atoms with Gasteiger partial charge in [-0.25, -0.2) is 4.98 Å². The van der Waals surface area contributed by atoms with Crippen LogP contribution in [0.1, 0.15) is 43.7 Å². The second-order valence-corrected chi connectivity index (χ2v) is 6.24. The summed E-state index contributed by atoms with van der Waals surface area (Å²) in [6, 6.07) is 0.424. The minimum absolute atomic E-state index is 0.424. The normalized spacial score (nSPS) is 26.1. The van der Waals surface area contributed by atoms with Gasteiger partial charge in [0.15, 0.2) is 0 Å². The first-order chi connectivity index (χ1) is 8.81. The highest BCUT2D eigenvalue weighted by molar-refractivity contribution is 7.09. The first kappa shape index (κ1) is 14.0. The number of nitrogens with zero attached hydrogens (tertiary/aromatic N) is 1. The summed E-state index contributed by atoms with van der Waals surface area (Å²) in [6.45, 7) is 4.05. The van der Waals surface area contributed by atoms with Gasteiger partial charge in [-0.1, -0.05) is 19.8 Å². The molecule has 2 rings (SSSR count). The first-order valence-electron chi connectivity index (χ1n) is 6.93. The summed E-state index contributed by atoms with van der Waals surface area (Å²) in [7, 11) is 1.75. The molecule has 18 heavy (non-hydrogen) atoms. The Labute approximate surface area is 114 Å². The van der Waals surface area contributed by atoms with Gasteiger partial charge in [0.05, 0.1) is 12.6 Å². The summed E-state index contributed by atoms with van der Waals surface area (Å²) < 4.78 is 5.13. The number of aromatic nitrogens is 1. The highest BCUT2D eigenvalue weighted by atomic mass is 32.1. The van der Waals surface area contributed by atoms with Gasteiger partial charge in [0, 0.05) is 25.2 Å². The molecule has 4 heteroatoms. The third kappa shape index (κ3) is 3.77. The number of thiazole rings is 1. The number of rotatable bonds is 6. The highest BCUT2D eigenvalue weighted by Gasteiger charge is 2.28. The molecule has 1 N–H and O–H groups in total. The molecular formula is C14H24N2OS. The summed E-state index contributed by atoms with van der Waals surface area (Å²) in [5, 5.41) is 6.95. The molecule has 0 aliphatic heterocycles. The minimum atomic E-state index is 0.424. The number of nitrogens with one attached hydrogen (secondary N) is 1. The molecule has 1 aromatic rings. The van der Waals surface area contributed by atoms with E-state index in [1.54, 1.807) is 18.4 Å². The predicted octanol–water partition coefficient (Wildman–Crippen LogP) is 3.25. The Morgan fingerprint density at radius 2 is 2.22 bits per heavy atom. The number of methoxy groups -OCH3 is 1. The second-order valence-electron chi connectivity index (χ2n) is 5.31. The lowest BCUT2D eigenvalue weighted by Crippen LogP contribution is -2.32. The van der Waals surface area contributed by atoms with Crippen LogP contribution in [-0.2, 0) is 4.74 Å². The maximum atomic E-state index is 5.13. The quantitative estimate of drug-likeness (QED) is 0.804. The molecule has 0 spiro atoms. The van der Waals surface area contributed by atoms with Crippen molar-refractivity contribution in [2.45, 2.75) is 38.6 Å². The molecule has 0 radical (unpaired) electrons. The molecular weight excluding hydrogens is 244 g/mol. The van der Waals surface area contributed by atoms with Gasteiger partial charge in [0.1, 0.15) is 5.01 Å². The fourth-order valence-corrected chi connectivity index (χ4v) is 3.58. The molecule has 102 valence electrons. The summed E-state index contributed by atoms with van der Waals surface area (Å²) in [4.78, 5) is 4.50. The van der Waals surface area contributed by atoms with Crippen LogP contribution in [0.15, 0.2) is 11.6 Å². The lowest BCUT2D eigenvalue weighted by Gasteiger charge is -2.32. The van der Waals surface area contributed by atoms with Gasteiger partial charge in [0.25, 0.3) is 0 Å². The molecule has 1 saturated carbocycles. The van der Waals surface area contributed by atoms with Crippen molar-refractivity contribution in [1.82, 2.24) is 10.3 Å². The van der Waals surface area contributed by atoms with E-state index in [0.29, 0.717) is 6.04 Å². The Bertz CT molecular complexity index is 321. The van der Waals surface area contributed by atoms with Crippen LogP contribution in [-0.4, -0.2) is 25.2 Å². The van der Waals surface area contributed by atoms with Crippen molar-refractivity contribution < 1.29 is 4.74 Å². The number of hydrogen-bond donors (Lipinski definition) is 1. The molecule has 0 bridgehead atoms. The molecule has 1 atom stereocenters. The van der Waals surface area contributed by atoms with Gasteiger partial charge < -0.3 is 10.1 Å². The summed E-state index contributed by atoms with van der Waals surface area (Å²) in [6.07, 6.45) is 7.28. The van der Waals surface area contributed by atoms with Crippen LogP contribution in [0.25, 0.3) is 0 Å². The maximum absolute atomic E-state index is 5.13. The van der Waals surface area contributed by atoms with Crippen LogP contribution in [0.5, 0.6) is 0 Å². The van der Waals surface area contributed by atoms with Crippen molar-refractivity contribution >= 4 is 11.3 Å². The lowest BCUT2D eigenvalue weighted by atomic mass is 9.79. The molecule has 0 aromatic carbocycles. The van der Waals surface area contributed by atoms with Crippen LogP contribution < -0.4 is 5.32 Å². The van der Waals surface area contributed by atoms with Crippen LogP contribution >= 0.6 is 11.3 Å². The fraction of sp³-hybridized carbons (Fsp3) is 0.786. The Morgan fingerprint density at radius 1 is 1.44 bits per heavy atom. The van der Waals surface area contributed by atoms with Gasteiger partial charge in [0.2, 0.25) is 0 Å². The molecule has 1 unspecified atom stereocenters. The van der Waals surface area contributed by atoms with E-state index in [4.69, 9.17) is 4.74 Å². The standard InChI is InChI=1S/C14H24N2OS/c1-11-3-5-12(6-4-11)13(15-7-9-17-2)14-16-8-10-18-14/h8,10-13,15H,3-7,9H2,1-2H3. The topological polar surface area (TPSA) is 34.1 Å². The average Bonchev–Trinajstić information content (AvgIpc) is 2.90. The van der Waals surface area contributed by atoms with Gasteiger partial charge in [-0.2, -0.15) is 0 Å². The van der Waals surface area contributed by atoms with E-state index >= 15 is 0 Å². The number of ether oxygens (including phenoxy) is 1. The van der Waals surface area contributed by atoms with Gasteiger partial charge in [-0.05, 0) is 24.7 Å². The molecule has 1 aliphatic rings. The van der Waals surface area contributed by atoms with E-state index in [-0.39, 0.29) is 0 Å². The number of hydrogen-bond acceptors (Lipinski definition) is 4. The second kappa shape index (κ2) is 7.22. The Morgan fingerprint density at radius 3 is 2.83 bits per heavy atom. The molecule has 1 aliphatic carbocycles. The maximum Gasteiger partial charge on any atom is 0.110 e. The van der Waals surface area contributed by atoms with E-state index < -0.39 is 0 Å². The van der Waals surface area contributed by atoms with Crippen molar-refractivity contribution in [1.29, 1.82) is 0 Å². The van der Waals surface area contributed by atoms with E-state index in [0.717, 1.165) is 25.0 Å². The predicted molar refractivity (Wildman–Crippen MR) is 75.9 cm³/mol. The molecule has 1 heterocycles. The zero-order valence-corrected chi connectivity index (χ0v) is 12.2. The Hall–Kier alpha value is -0.450. The van der Waals surface area contributed by atoms with Gasteiger partial charge >= 0.3 is 0 Å². The molecule has 1 fully saturated rings. The van der Waals surface area contributed by atoms with Gasteiger partial charge in [-0.3, -0.25) is 0 Å². The first-order valence-corrected chi connectivity index (χ1v) is 7.81. The Kier molecular flexibility index (Phi) is 5.60. The SMILES string of the molecule is COCCNC(c1nccs1)C1CCC(C)CC1. The van der Waals surface area contributed by atoms with E-state index in [1.165, 1.54) is 30.7 Å². The van der Waals surface area contributed by atoms with Crippen molar-refractivity contribution in [3.63, 3.8) is 0 Å². The molecule has 0 saturated heterocycles. The van der Waals surface area contributed by atoms with Crippen molar-refractivity contribution in [3.05, 3.63) is 16.6 Å². The van der Waals surface area contributed by atoms with Crippen molar-refractivity contribution in [2.75, 3.05) is 20.3 Å². The summed E-state index contributed by atoms with van der Waals surface area (Å²) in [5.41, 5.74) is 0. The molecule has 0 amide bonds. The largest absolute Gasteiger partial charge is 0.383 e. The van der Waals surface area contributed by atoms with E-state index in [9.17, 15) is 0 Å². The van der Waals surface area contributed by atoms with Crippen LogP contribution in [0, 0.1) is 11.8 Å². The zero-order valence-electron chi connectivity index (χ0n) is 11.4. The molecule has 1 aromatic heterocycles. The van der Waals surface area contributed by atoms with Crippen LogP contribution in [0.4, 0.5) is 0 Å². The summed E-state index contributed by atoms with van der Waals surface area (Å²) in [5.74, 6) is 1.64. The smallest absolute Gasteiger partial charge is 0.110 e. The zero-order chi connectivity index (χ0) is 12.8. The monoisotopic (exact) mass is 268 g/mol.